The summed E-state index contributed by atoms with van der Waals surface area (Å²) in [5.41, 5.74) is 0.725. The summed E-state index contributed by atoms with van der Waals surface area (Å²) < 4.78 is 0.925. The summed E-state index contributed by atoms with van der Waals surface area (Å²) >= 11 is 3.46. The fraction of sp³-hybridized carbons (Fsp3) is 0.667. The van der Waals surface area contributed by atoms with Gasteiger partial charge in [0.1, 0.15) is 0 Å². The predicted octanol–water partition coefficient (Wildman–Crippen LogP) is 4.17. The molecule has 1 aromatic rings. The molecule has 0 aromatic heterocycles. The summed E-state index contributed by atoms with van der Waals surface area (Å²) in [4.78, 5) is 33.1. The van der Waals surface area contributed by atoms with E-state index in [-0.39, 0.29) is 11.9 Å². The molecule has 6 heteroatoms. The molecule has 164 valence electrons. The third kappa shape index (κ3) is 4.75. The number of hydrogen-bond acceptors (Lipinski definition) is 3. The Labute approximate surface area is 188 Å². The van der Waals surface area contributed by atoms with Crippen molar-refractivity contribution in [2.24, 2.45) is 5.92 Å². The maximum atomic E-state index is 13.7. The summed E-state index contributed by atoms with van der Waals surface area (Å²) in [5.74, 6) is 0.907. The molecule has 5 nitrogen and oxygen atoms in total. The van der Waals surface area contributed by atoms with Gasteiger partial charge >= 0.3 is 0 Å². The number of amides is 2. The molecule has 4 rings (SSSR count). The van der Waals surface area contributed by atoms with Gasteiger partial charge in [0.2, 0.25) is 5.91 Å². The smallest absolute Gasteiger partial charge is 0.253 e. The molecule has 30 heavy (non-hydrogen) atoms. The Morgan fingerprint density at radius 1 is 0.967 bits per heavy atom. The van der Waals surface area contributed by atoms with Gasteiger partial charge in [-0.2, -0.15) is 0 Å². The number of piperidine rings is 1. The Balaban J connectivity index is 1.44. The highest BCUT2D eigenvalue weighted by molar-refractivity contribution is 9.10. The van der Waals surface area contributed by atoms with Crippen molar-refractivity contribution in [2.75, 3.05) is 32.7 Å². The Morgan fingerprint density at radius 3 is 2.33 bits per heavy atom. The number of carbonyl (C=O) groups excluding carboxylic acids is 2. The van der Waals surface area contributed by atoms with Crippen LogP contribution in [0.3, 0.4) is 0 Å². The first-order valence-electron chi connectivity index (χ1n) is 11.6. The number of nitrogens with zero attached hydrogens (tertiary/aromatic N) is 3. The highest BCUT2D eigenvalue weighted by Crippen LogP contribution is 2.33. The Hall–Kier alpha value is -1.40. The van der Waals surface area contributed by atoms with E-state index in [4.69, 9.17) is 0 Å². The lowest BCUT2D eigenvalue weighted by atomic mass is 9.92. The number of rotatable bonds is 4. The van der Waals surface area contributed by atoms with Gasteiger partial charge in [-0.05, 0) is 63.1 Å². The van der Waals surface area contributed by atoms with E-state index in [0.29, 0.717) is 31.0 Å². The number of benzene rings is 1. The van der Waals surface area contributed by atoms with Crippen LogP contribution in [0.25, 0.3) is 0 Å². The number of halogens is 1. The average Bonchev–Trinajstić information content (AvgIpc) is 3.28. The van der Waals surface area contributed by atoms with E-state index in [1.165, 1.54) is 19.3 Å². The van der Waals surface area contributed by atoms with Crippen LogP contribution in [0.1, 0.15) is 62.2 Å². The average molecular weight is 476 g/mol. The van der Waals surface area contributed by atoms with Gasteiger partial charge in [-0.15, -0.1) is 0 Å². The Morgan fingerprint density at radius 2 is 1.67 bits per heavy atom. The van der Waals surface area contributed by atoms with Crippen molar-refractivity contribution < 1.29 is 9.59 Å². The molecule has 0 bridgehead atoms. The molecule has 1 saturated carbocycles. The van der Waals surface area contributed by atoms with Crippen LogP contribution in [0.15, 0.2) is 28.7 Å². The molecule has 2 atom stereocenters. The van der Waals surface area contributed by atoms with Gasteiger partial charge < -0.3 is 9.80 Å². The molecule has 3 fully saturated rings. The zero-order chi connectivity index (χ0) is 21.1. The van der Waals surface area contributed by atoms with Gasteiger partial charge in [0.25, 0.3) is 5.91 Å². The fourth-order valence-electron chi connectivity index (χ4n) is 5.53. The normalized spacial score (nSPS) is 24.8. The van der Waals surface area contributed by atoms with Crippen LogP contribution >= 0.6 is 15.9 Å². The Bertz CT molecular complexity index is 757. The van der Waals surface area contributed by atoms with Gasteiger partial charge in [-0.1, -0.05) is 34.8 Å². The standard InChI is InChI=1S/C24H34BrN3O2/c1-18-7-4-5-12-28(18)24(30)22(19-8-2-3-9-19)26-13-15-27(16-14-26)23(29)20-10-6-11-21(25)17-20/h6,10-11,17-19,22H,2-5,7-9,12-16H2,1H3/t18-,22-/m0/s1. The topological polar surface area (TPSA) is 43.9 Å². The summed E-state index contributed by atoms with van der Waals surface area (Å²) in [6, 6.07) is 7.96. The first kappa shape index (κ1) is 21.8. The fourth-order valence-corrected chi connectivity index (χ4v) is 5.93. The van der Waals surface area contributed by atoms with E-state index in [2.05, 4.69) is 32.7 Å². The molecule has 0 spiro atoms. The van der Waals surface area contributed by atoms with E-state index in [1.807, 2.05) is 29.2 Å². The molecular formula is C24H34BrN3O2. The van der Waals surface area contributed by atoms with E-state index < -0.39 is 0 Å². The summed E-state index contributed by atoms with van der Waals surface area (Å²) in [7, 11) is 0. The van der Waals surface area contributed by atoms with Crippen molar-refractivity contribution in [1.29, 1.82) is 0 Å². The molecule has 2 heterocycles. The lowest BCUT2D eigenvalue weighted by molar-refractivity contribution is -0.143. The molecule has 2 aliphatic heterocycles. The number of carbonyl (C=O) groups is 2. The first-order chi connectivity index (χ1) is 14.5. The summed E-state index contributed by atoms with van der Waals surface area (Å²) in [6.07, 6.45) is 8.29. The van der Waals surface area contributed by atoms with Crippen LogP contribution < -0.4 is 0 Å². The van der Waals surface area contributed by atoms with Crippen molar-refractivity contribution in [2.45, 2.75) is 64.0 Å². The van der Waals surface area contributed by atoms with Gasteiger partial charge in [0, 0.05) is 48.8 Å². The minimum absolute atomic E-state index is 0.00354. The SMILES string of the molecule is C[C@H]1CCCCN1C(=O)[C@H](C1CCCC1)N1CCN(C(=O)c2cccc(Br)c2)CC1. The lowest BCUT2D eigenvalue weighted by Gasteiger charge is -2.44. The molecule has 0 N–H and O–H groups in total. The largest absolute Gasteiger partial charge is 0.339 e. The van der Waals surface area contributed by atoms with Crippen LogP contribution in [-0.4, -0.2) is 71.3 Å². The molecule has 1 aliphatic carbocycles. The van der Waals surface area contributed by atoms with Crippen LogP contribution in [0, 0.1) is 5.92 Å². The molecule has 1 aromatic carbocycles. The van der Waals surface area contributed by atoms with Gasteiger partial charge in [0.15, 0.2) is 0 Å². The maximum absolute atomic E-state index is 13.7. The highest BCUT2D eigenvalue weighted by Gasteiger charge is 2.40. The minimum Gasteiger partial charge on any atom is -0.339 e. The van der Waals surface area contributed by atoms with Crippen LogP contribution in [0.5, 0.6) is 0 Å². The predicted molar refractivity (Wildman–Crippen MR) is 122 cm³/mol. The van der Waals surface area contributed by atoms with E-state index in [1.54, 1.807) is 0 Å². The van der Waals surface area contributed by atoms with E-state index in [9.17, 15) is 9.59 Å². The second-order valence-electron chi connectivity index (χ2n) is 9.20. The third-order valence-corrected chi connectivity index (χ3v) is 7.75. The van der Waals surface area contributed by atoms with Crippen molar-refractivity contribution in [3.63, 3.8) is 0 Å². The molecule has 2 saturated heterocycles. The van der Waals surface area contributed by atoms with Crippen molar-refractivity contribution in [3.05, 3.63) is 34.3 Å². The molecule has 2 amide bonds. The molecule has 0 radical (unpaired) electrons. The zero-order valence-corrected chi connectivity index (χ0v) is 19.6. The molecular weight excluding hydrogens is 442 g/mol. The highest BCUT2D eigenvalue weighted by atomic mass is 79.9. The first-order valence-corrected chi connectivity index (χ1v) is 12.4. The number of piperazine rings is 1. The van der Waals surface area contributed by atoms with Crippen molar-refractivity contribution in [1.82, 2.24) is 14.7 Å². The summed E-state index contributed by atoms with van der Waals surface area (Å²) in [5, 5.41) is 0. The number of hydrogen-bond donors (Lipinski definition) is 0. The van der Waals surface area contributed by atoms with Crippen LogP contribution in [0.2, 0.25) is 0 Å². The van der Waals surface area contributed by atoms with E-state index in [0.717, 1.165) is 55.4 Å². The third-order valence-electron chi connectivity index (χ3n) is 7.25. The molecule has 3 aliphatic rings. The monoisotopic (exact) mass is 475 g/mol. The second kappa shape index (κ2) is 9.82. The maximum Gasteiger partial charge on any atom is 0.253 e. The molecule has 0 unspecified atom stereocenters. The lowest BCUT2D eigenvalue weighted by Crippen LogP contribution is -2.60. The van der Waals surface area contributed by atoms with Gasteiger partial charge in [0.05, 0.1) is 6.04 Å². The van der Waals surface area contributed by atoms with Crippen LogP contribution in [0.4, 0.5) is 0 Å². The van der Waals surface area contributed by atoms with Crippen LogP contribution in [-0.2, 0) is 4.79 Å². The quantitative estimate of drug-likeness (QED) is 0.656. The minimum atomic E-state index is -0.00354. The van der Waals surface area contributed by atoms with Gasteiger partial charge in [-0.25, -0.2) is 0 Å². The second-order valence-corrected chi connectivity index (χ2v) is 10.1. The van der Waals surface area contributed by atoms with E-state index >= 15 is 0 Å². The Kier molecular flexibility index (Phi) is 7.14. The van der Waals surface area contributed by atoms with Crippen molar-refractivity contribution in [3.8, 4) is 0 Å². The van der Waals surface area contributed by atoms with Gasteiger partial charge in [-0.3, -0.25) is 14.5 Å². The zero-order valence-electron chi connectivity index (χ0n) is 18.1. The van der Waals surface area contributed by atoms with Crippen molar-refractivity contribution >= 4 is 27.7 Å². The number of likely N-dealkylation sites (tertiary alicyclic amines) is 1. The summed E-state index contributed by atoms with van der Waals surface area (Å²) in [6.45, 7) is 6.07.